The summed E-state index contributed by atoms with van der Waals surface area (Å²) < 4.78 is 25.8. The van der Waals surface area contributed by atoms with Gasteiger partial charge in [-0.1, -0.05) is 18.5 Å². The van der Waals surface area contributed by atoms with Crippen molar-refractivity contribution >= 4 is 44.6 Å². The quantitative estimate of drug-likeness (QED) is 0.415. The van der Waals surface area contributed by atoms with E-state index < -0.39 is 26.9 Å². The van der Waals surface area contributed by atoms with E-state index in [0.29, 0.717) is 5.82 Å². The maximum Gasteiger partial charge on any atom is 0.257 e. The first-order chi connectivity index (χ1) is 16.0. The first-order valence-electron chi connectivity index (χ1n) is 10.1. The van der Waals surface area contributed by atoms with Gasteiger partial charge >= 0.3 is 0 Å². The van der Waals surface area contributed by atoms with Crippen molar-refractivity contribution in [3.8, 4) is 5.75 Å². The number of nitrogens with zero attached hydrogens (tertiary/aromatic N) is 3. The van der Waals surface area contributed by atoms with Gasteiger partial charge in [0.05, 0.1) is 22.0 Å². The van der Waals surface area contributed by atoms with Crippen LogP contribution in [0.25, 0.3) is 0 Å². The Morgan fingerprint density at radius 3 is 2.29 bits per heavy atom. The summed E-state index contributed by atoms with van der Waals surface area (Å²) in [5.74, 6) is -1.35. The second kappa shape index (κ2) is 10.1. The first kappa shape index (κ1) is 25.1. The standard InChI is InChI=1S/C22H22ClN5O5S/c1-4-20(34(32,33)15-10-25-13(3)26-11-15)22(31)27-17-8-19(29)18(7-16(17)23)28-21(30)14-6-5-12(2)24-9-14/h5-11,20,29H,4H2,1-3H3,(H,27,31)(H,28,30). The third-order valence-corrected chi connectivity index (χ3v) is 7.37. The second-order valence-corrected chi connectivity index (χ2v) is 9.93. The van der Waals surface area contributed by atoms with Crippen LogP contribution in [0.5, 0.6) is 5.75 Å². The molecule has 3 N–H and O–H groups in total. The van der Waals surface area contributed by atoms with E-state index in [2.05, 4.69) is 25.6 Å². The number of phenols is 1. The Hall–Kier alpha value is -3.57. The van der Waals surface area contributed by atoms with Crippen LogP contribution in [-0.2, 0) is 14.6 Å². The van der Waals surface area contributed by atoms with Crippen LogP contribution in [0.2, 0.25) is 5.02 Å². The Bertz CT molecular complexity index is 1330. The third kappa shape index (κ3) is 5.49. The normalized spacial score (nSPS) is 12.1. The average Bonchev–Trinajstić information content (AvgIpc) is 2.78. The number of pyridine rings is 1. The fourth-order valence-corrected chi connectivity index (χ4v) is 4.72. The van der Waals surface area contributed by atoms with Crippen LogP contribution < -0.4 is 10.6 Å². The number of halogens is 1. The number of hydrogen-bond donors (Lipinski definition) is 3. The van der Waals surface area contributed by atoms with Gasteiger partial charge in [0.25, 0.3) is 5.91 Å². The van der Waals surface area contributed by atoms with Gasteiger partial charge in [-0.15, -0.1) is 0 Å². The molecule has 0 bridgehead atoms. The summed E-state index contributed by atoms with van der Waals surface area (Å²) >= 11 is 6.23. The SMILES string of the molecule is CCC(C(=O)Nc1cc(O)c(NC(=O)c2ccc(C)nc2)cc1Cl)S(=O)(=O)c1cnc(C)nc1. The van der Waals surface area contributed by atoms with Gasteiger partial charge in [0, 0.05) is 30.4 Å². The van der Waals surface area contributed by atoms with Crippen molar-refractivity contribution in [2.45, 2.75) is 37.3 Å². The molecule has 1 atom stereocenters. The Kier molecular flexibility index (Phi) is 7.48. The summed E-state index contributed by atoms with van der Waals surface area (Å²) in [6.07, 6.45) is 3.66. The van der Waals surface area contributed by atoms with Gasteiger partial charge in [-0.3, -0.25) is 14.6 Å². The van der Waals surface area contributed by atoms with Crippen molar-refractivity contribution in [3.63, 3.8) is 0 Å². The number of sulfone groups is 1. The van der Waals surface area contributed by atoms with Crippen LogP contribution in [-0.4, -0.2) is 45.5 Å². The second-order valence-electron chi connectivity index (χ2n) is 7.39. The van der Waals surface area contributed by atoms with Crippen LogP contribution in [0, 0.1) is 13.8 Å². The smallest absolute Gasteiger partial charge is 0.257 e. The van der Waals surface area contributed by atoms with Gasteiger partial charge in [0.15, 0.2) is 9.84 Å². The number of aryl methyl sites for hydroxylation is 2. The molecule has 10 nitrogen and oxygen atoms in total. The highest BCUT2D eigenvalue weighted by Gasteiger charge is 2.33. The zero-order valence-corrected chi connectivity index (χ0v) is 20.1. The number of aromatic hydroxyl groups is 1. The van der Waals surface area contributed by atoms with E-state index in [4.69, 9.17) is 11.6 Å². The predicted octanol–water partition coefficient (Wildman–Crippen LogP) is 3.29. The van der Waals surface area contributed by atoms with Gasteiger partial charge in [0.2, 0.25) is 5.91 Å². The molecule has 0 spiro atoms. The summed E-state index contributed by atoms with van der Waals surface area (Å²) in [6, 6.07) is 5.61. The summed E-state index contributed by atoms with van der Waals surface area (Å²) in [6.45, 7) is 4.94. The minimum atomic E-state index is -4.07. The zero-order valence-electron chi connectivity index (χ0n) is 18.5. The largest absolute Gasteiger partial charge is 0.506 e. The van der Waals surface area contributed by atoms with Crippen molar-refractivity contribution in [1.82, 2.24) is 15.0 Å². The summed E-state index contributed by atoms with van der Waals surface area (Å²) in [5, 5.41) is 13.8. The van der Waals surface area contributed by atoms with Gasteiger partial charge in [-0.2, -0.15) is 0 Å². The lowest BCUT2D eigenvalue weighted by atomic mass is 10.2. The number of carbonyl (C=O) groups excluding carboxylic acids is 2. The number of aromatic nitrogens is 3. The molecule has 0 saturated carbocycles. The minimum Gasteiger partial charge on any atom is -0.506 e. The van der Waals surface area contributed by atoms with Crippen LogP contribution in [0.3, 0.4) is 0 Å². The lowest BCUT2D eigenvalue weighted by Gasteiger charge is -2.17. The lowest BCUT2D eigenvalue weighted by molar-refractivity contribution is -0.115. The van der Waals surface area contributed by atoms with Crippen molar-refractivity contribution in [2.24, 2.45) is 0 Å². The van der Waals surface area contributed by atoms with Gasteiger partial charge in [-0.25, -0.2) is 18.4 Å². The molecule has 1 unspecified atom stereocenters. The third-order valence-electron chi connectivity index (χ3n) is 4.89. The molecular weight excluding hydrogens is 482 g/mol. The minimum absolute atomic E-state index is 0.00467. The van der Waals surface area contributed by atoms with Gasteiger partial charge in [-0.05, 0) is 38.5 Å². The van der Waals surface area contributed by atoms with E-state index in [1.807, 2.05) is 0 Å². The highest BCUT2D eigenvalue weighted by Crippen LogP contribution is 2.34. The molecule has 3 aromatic rings. The van der Waals surface area contributed by atoms with Crippen molar-refractivity contribution in [3.05, 3.63) is 65.0 Å². The molecule has 0 aliphatic rings. The Labute approximate surface area is 201 Å². The van der Waals surface area contributed by atoms with Crippen molar-refractivity contribution < 1.29 is 23.1 Å². The number of hydrogen-bond acceptors (Lipinski definition) is 8. The number of amides is 2. The van der Waals surface area contributed by atoms with Crippen LogP contribution in [0.15, 0.2) is 47.8 Å². The van der Waals surface area contributed by atoms with E-state index in [0.717, 1.165) is 24.2 Å². The fourth-order valence-electron chi connectivity index (χ4n) is 3.01. The van der Waals surface area contributed by atoms with Crippen LogP contribution in [0.1, 0.15) is 35.2 Å². The molecule has 2 aromatic heterocycles. The predicted molar refractivity (Wildman–Crippen MR) is 127 cm³/mol. The van der Waals surface area contributed by atoms with Crippen LogP contribution >= 0.6 is 11.6 Å². The Morgan fingerprint density at radius 1 is 1.03 bits per heavy atom. The fraction of sp³-hybridized carbons (Fsp3) is 0.227. The molecule has 0 saturated heterocycles. The maximum atomic E-state index is 12.9. The number of nitrogens with one attached hydrogen (secondary N) is 2. The van der Waals surface area contributed by atoms with Crippen molar-refractivity contribution in [2.75, 3.05) is 10.6 Å². The molecule has 34 heavy (non-hydrogen) atoms. The molecule has 0 radical (unpaired) electrons. The average molecular weight is 504 g/mol. The van der Waals surface area contributed by atoms with Crippen LogP contribution in [0.4, 0.5) is 11.4 Å². The number of rotatable bonds is 7. The van der Waals surface area contributed by atoms with Gasteiger partial charge < -0.3 is 15.7 Å². The topological polar surface area (TPSA) is 151 Å². The molecule has 0 fully saturated rings. The molecule has 0 aliphatic heterocycles. The van der Waals surface area contributed by atoms with Gasteiger partial charge in [0.1, 0.15) is 21.7 Å². The molecule has 2 amide bonds. The Balaban J connectivity index is 1.80. The summed E-state index contributed by atoms with van der Waals surface area (Å²) in [7, 11) is -4.07. The lowest BCUT2D eigenvalue weighted by Crippen LogP contribution is -2.35. The van der Waals surface area contributed by atoms with E-state index in [9.17, 15) is 23.1 Å². The molecule has 2 heterocycles. The molecule has 0 aliphatic carbocycles. The van der Waals surface area contributed by atoms with E-state index in [-0.39, 0.29) is 39.0 Å². The van der Waals surface area contributed by atoms with E-state index in [1.165, 1.54) is 12.3 Å². The summed E-state index contributed by atoms with van der Waals surface area (Å²) in [4.78, 5) is 36.8. The number of anilines is 2. The first-order valence-corrected chi connectivity index (χ1v) is 12.0. The monoisotopic (exact) mass is 503 g/mol. The zero-order chi connectivity index (χ0) is 25.0. The van der Waals surface area contributed by atoms with Crippen molar-refractivity contribution in [1.29, 1.82) is 0 Å². The maximum absolute atomic E-state index is 12.9. The highest BCUT2D eigenvalue weighted by atomic mass is 35.5. The van der Waals surface area contributed by atoms with E-state index >= 15 is 0 Å². The molecule has 12 heteroatoms. The molecule has 178 valence electrons. The Morgan fingerprint density at radius 2 is 1.71 bits per heavy atom. The molecule has 3 rings (SSSR count). The number of phenolic OH excluding ortho intramolecular Hbond substituents is 1. The summed E-state index contributed by atoms with van der Waals surface area (Å²) in [5.41, 5.74) is 0.998. The number of carbonyl (C=O) groups is 2. The highest BCUT2D eigenvalue weighted by molar-refractivity contribution is 7.92. The van der Waals surface area contributed by atoms with E-state index in [1.54, 1.807) is 32.9 Å². The number of benzene rings is 1. The molecular formula is C22H22ClN5O5S. The molecule has 1 aromatic carbocycles.